The maximum absolute atomic E-state index is 5.54. The van der Waals surface area contributed by atoms with Crippen molar-refractivity contribution in [1.82, 2.24) is 9.88 Å². The molecule has 0 atom stereocenters. The van der Waals surface area contributed by atoms with Crippen molar-refractivity contribution in [1.29, 1.82) is 0 Å². The van der Waals surface area contributed by atoms with Gasteiger partial charge in [-0.3, -0.25) is 4.98 Å². The third-order valence-electron chi connectivity index (χ3n) is 2.98. The Morgan fingerprint density at radius 3 is 2.32 bits per heavy atom. The van der Waals surface area contributed by atoms with Gasteiger partial charge in [0.15, 0.2) is 6.29 Å². The SMILES string of the molecule is CCOC(CCN(C)CCc1ccncc1)OCC. The van der Waals surface area contributed by atoms with Crippen molar-refractivity contribution < 1.29 is 9.47 Å². The Labute approximate surface area is 116 Å². The minimum absolute atomic E-state index is 0.0709. The van der Waals surface area contributed by atoms with E-state index in [0.29, 0.717) is 13.2 Å². The molecule has 0 amide bonds. The van der Waals surface area contributed by atoms with E-state index < -0.39 is 0 Å². The van der Waals surface area contributed by atoms with Crippen molar-refractivity contribution in [3.8, 4) is 0 Å². The number of pyridine rings is 1. The van der Waals surface area contributed by atoms with Crippen LogP contribution in [0.15, 0.2) is 24.5 Å². The molecule has 0 fully saturated rings. The zero-order chi connectivity index (χ0) is 13.9. The molecule has 0 unspecified atom stereocenters. The van der Waals surface area contributed by atoms with Gasteiger partial charge < -0.3 is 14.4 Å². The summed E-state index contributed by atoms with van der Waals surface area (Å²) in [4.78, 5) is 6.34. The number of likely N-dealkylation sites (N-methyl/N-ethyl adjacent to an activating group) is 1. The zero-order valence-electron chi connectivity index (χ0n) is 12.3. The molecule has 1 heterocycles. The van der Waals surface area contributed by atoms with Gasteiger partial charge in [0.1, 0.15) is 0 Å². The lowest BCUT2D eigenvalue weighted by Gasteiger charge is -2.21. The quantitative estimate of drug-likeness (QED) is 0.609. The Hall–Kier alpha value is -0.970. The average molecular weight is 266 g/mol. The van der Waals surface area contributed by atoms with Gasteiger partial charge in [0.05, 0.1) is 0 Å². The fraction of sp³-hybridized carbons (Fsp3) is 0.667. The molecule has 108 valence electrons. The van der Waals surface area contributed by atoms with Crippen LogP contribution < -0.4 is 0 Å². The average Bonchev–Trinajstić information content (AvgIpc) is 2.44. The van der Waals surface area contributed by atoms with E-state index in [-0.39, 0.29) is 6.29 Å². The highest BCUT2D eigenvalue weighted by molar-refractivity contribution is 5.09. The molecule has 0 saturated heterocycles. The first-order chi connectivity index (χ1) is 9.26. The predicted molar refractivity (Wildman–Crippen MR) is 77.1 cm³/mol. The summed E-state index contributed by atoms with van der Waals surface area (Å²) in [7, 11) is 2.14. The van der Waals surface area contributed by atoms with Gasteiger partial charge in [-0.15, -0.1) is 0 Å². The third kappa shape index (κ3) is 7.25. The fourth-order valence-corrected chi connectivity index (χ4v) is 1.89. The van der Waals surface area contributed by atoms with Crippen LogP contribution in [0.1, 0.15) is 25.8 Å². The Bertz CT molecular complexity index is 313. The van der Waals surface area contributed by atoms with Gasteiger partial charge in [0, 0.05) is 45.1 Å². The predicted octanol–water partition coefficient (Wildman–Crippen LogP) is 2.35. The molecule has 1 rings (SSSR count). The monoisotopic (exact) mass is 266 g/mol. The summed E-state index contributed by atoms with van der Waals surface area (Å²) >= 11 is 0. The van der Waals surface area contributed by atoms with Crippen molar-refractivity contribution in [2.45, 2.75) is 33.0 Å². The molecular weight excluding hydrogens is 240 g/mol. The summed E-state index contributed by atoms with van der Waals surface area (Å²) in [6.45, 7) is 7.42. The van der Waals surface area contributed by atoms with Gasteiger partial charge in [-0.05, 0) is 45.0 Å². The summed E-state index contributed by atoms with van der Waals surface area (Å²) < 4.78 is 11.1. The largest absolute Gasteiger partial charge is 0.353 e. The standard InChI is InChI=1S/C15H26N2O2/c1-4-18-15(19-5-2)9-13-17(3)12-8-14-6-10-16-11-7-14/h6-7,10-11,15H,4-5,8-9,12-13H2,1-3H3. The van der Waals surface area contributed by atoms with Gasteiger partial charge >= 0.3 is 0 Å². The van der Waals surface area contributed by atoms with E-state index in [1.807, 2.05) is 26.2 Å². The molecule has 0 N–H and O–H groups in total. The molecule has 0 aromatic carbocycles. The number of aromatic nitrogens is 1. The Morgan fingerprint density at radius 2 is 1.74 bits per heavy atom. The summed E-state index contributed by atoms with van der Waals surface area (Å²) in [5.74, 6) is 0. The second-order valence-corrected chi connectivity index (χ2v) is 4.54. The smallest absolute Gasteiger partial charge is 0.158 e. The van der Waals surface area contributed by atoms with E-state index in [2.05, 4.69) is 29.1 Å². The topological polar surface area (TPSA) is 34.6 Å². The number of rotatable bonds is 10. The van der Waals surface area contributed by atoms with Crippen LogP contribution in [0.3, 0.4) is 0 Å². The van der Waals surface area contributed by atoms with Crippen LogP contribution >= 0.6 is 0 Å². The fourth-order valence-electron chi connectivity index (χ4n) is 1.89. The molecule has 1 aromatic heterocycles. The molecule has 0 saturated carbocycles. The highest BCUT2D eigenvalue weighted by Gasteiger charge is 2.09. The second-order valence-electron chi connectivity index (χ2n) is 4.54. The van der Waals surface area contributed by atoms with Crippen molar-refractivity contribution in [3.05, 3.63) is 30.1 Å². The van der Waals surface area contributed by atoms with E-state index in [1.165, 1.54) is 5.56 Å². The van der Waals surface area contributed by atoms with E-state index in [4.69, 9.17) is 9.47 Å². The van der Waals surface area contributed by atoms with Gasteiger partial charge in [-0.1, -0.05) is 0 Å². The van der Waals surface area contributed by atoms with Crippen LogP contribution in [-0.4, -0.2) is 49.5 Å². The molecule has 0 aliphatic heterocycles. The first kappa shape index (κ1) is 16.1. The second kappa shape index (κ2) is 9.89. The summed E-state index contributed by atoms with van der Waals surface area (Å²) in [6.07, 6.45) is 5.57. The van der Waals surface area contributed by atoms with E-state index in [9.17, 15) is 0 Å². The maximum atomic E-state index is 5.54. The van der Waals surface area contributed by atoms with Crippen molar-refractivity contribution in [3.63, 3.8) is 0 Å². The van der Waals surface area contributed by atoms with Gasteiger partial charge in [-0.2, -0.15) is 0 Å². The van der Waals surface area contributed by atoms with E-state index in [0.717, 1.165) is 25.9 Å². The van der Waals surface area contributed by atoms with Crippen molar-refractivity contribution in [2.75, 3.05) is 33.4 Å². The molecule has 0 spiro atoms. The lowest BCUT2D eigenvalue weighted by Crippen LogP contribution is -2.28. The normalized spacial score (nSPS) is 11.4. The third-order valence-corrected chi connectivity index (χ3v) is 2.98. The Balaban J connectivity index is 2.21. The molecule has 0 aliphatic carbocycles. The number of nitrogens with zero attached hydrogens (tertiary/aromatic N) is 2. The van der Waals surface area contributed by atoms with Gasteiger partial charge in [0.25, 0.3) is 0 Å². The molecule has 4 heteroatoms. The molecule has 4 nitrogen and oxygen atoms in total. The zero-order valence-corrected chi connectivity index (χ0v) is 12.3. The lowest BCUT2D eigenvalue weighted by atomic mass is 10.2. The van der Waals surface area contributed by atoms with Gasteiger partial charge in [-0.25, -0.2) is 0 Å². The van der Waals surface area contributed by atoms with Crippen LogP contribution in [0.2, 0.25) is 0 Å². The molecular formula is C15H26N2O2. The molecule has 19 heavy (non-hydrogen) atoms. The summed E-state index contributed by atoms with van der Waals surface area (Å²) in [6, 6.07) is 4.13. The summed E-state index contributed by atoms with van der Waals surface area (Å²) in [5, 5.41) is 0. The first-order valence-electron chi connectivity index (χ1n) is 7.06. The highest BCUT2D eigenvalue weighted by atomic mass is 16.7. The summed E-state index contributed by atoms with van der Waals surface area (Å²) in [5.41, 5.74) is 1.33. The minimum Gasteiger partial charge on any atom is -0.353 e. The highest BCUT2D eigenvalue weighted by Crippen LogP contribution is 2.04. The number of ether oxygens (including phenoxy) is 2. The first-order valence-corrected chi connectivity index (χ1v) is 7.06. The van der Waals surface area contributed by atoms with Crippen molar-refractivity contribution in [2.24, 2.45) is 0 Å². The Kier molecular flexibility index (Phi) is 8.38. The molecule has 0 aliphatic rings. The van der Waals surface area contributed by atoms with Crippen LogP contribution in [0.4, 0.5) is 0 Å². The lowest BCUT2D eigenvalue weighted by molar-refractivity contribution is -0.141. The van der Waals surface area contributed by atoms with Crippen molar-refractivity contribution >= 4 is 0 Å². The van der Waals surface area contributed by atoms with E-state index in [1.54, 1.807) is 0 Å². The van der Waals surface area contributed by atoms with Gasteiger partial charge in [0.2, 0.25) is 0 Å². The molecule has 0 bridgehead atoms. The molecule has 0 radical (unpaired) electrons. The van der Waals surface area contributed by atoms with Crippen LogP contribution in [0.5, 0.6) is 0 Å². The minimum atomic E-state index is -0.0709. The molecule has 1 aromatic rings. The van der Waals surface area contributed by atoms with Crippen LogP contribution in [0.25, 0.3) is 0 Å². The van der Waals surface area contributed by atoms with Crippen LogP contribution in [0, 0.1) is 0 Å². The number of hydrogen-bond donors (Lipinski definition) is 0. The Morgan fingerprint density at radius 1 is 1.11 bits per heavy atom. The van der Waals surface area contributed by atoms with Crippen LogP contribution in [-0.2, 0) is 15.9 Å². The maximum Gasteiger partial charge on any atom is 0.158 e. The van der Waals surface area contributed by atoms with E-state index >= 15 is 0 Å². The number of hydrogen-bond acceptors (Lipinski definition) is 4.